The van der Waals surface area contributed by atoms with E-state index >= 15 is 0 Å². The standard InChI is InChI=1S/C8H13NO4/c1-8(2)5(10)4(6(9)12-3)7(11)13-8/h7,11H,9H2,1-3H3/b6-4+. The van der Waals surface area contributed by atoms with Gasteiger partial charge in [0.25, 0.3) is 0 Å². The topological polar surface area (TPSA) is 81.8 Å². The van der Waals surface area contributed by atoms with E-state index in [1.165, 1.54) is 7.11 Å². The summed E-state index contributed by atoms with van der Waals surface area (Å²) in [6.45, 7) is 3.13. The molecule has 1 rings (SSSR count). The highest BCUT2D eigenvalue weighted by Crippen LogP contribution is 2.30. The highest BCUT2D eigenvalue weighted by Gasteiger charge is 2.46. The molecule has 1 atom stereocenters. The van der Waals surface area contributed by atoms with Gasteiger partial charge in [-0.25, -0.2) is 0 Å². The molecule has 13 heavy (non-hydrogen) atoms. The molecule has 0 aromatic heterocycles. The molecule has 1 aliphatic heterocycles. The van der Waals surface area contributed by atoms with Crippen molar-refractivity contribution in [1.29, 1.82) is 0 Å². The molecule has 0 bridgehead atoms. The van der Waals surface area contributed by atoms with E-state index in [1.54, 1.807) is 13.8 Å². The van der Waals surface area contributed by atoms with Gasteiger partial charge in [-0.15, -0.1) is 0 Å². The van der Waals surface area contributed by atoms with E-state index in [0.29, 0.717) is 0 Å². The van der Waals surface area contributed by atoms with Gasteiger partial charge in [-0.3, -0.25) is 4.79 Å². The summed E-state index contributed by atoms with van der Waals surface area (Å²) in [4.78, 5) is 11.5. The monoisotopic (exact) mass is 187 g/mol. The van der Waals surface area contributed by atoms with Crippen LogP contribution < -0.4 is 5.73 Å². The van der Waals surface area contributed by atoms with Gasteiger partial charge in [-0.2, -0.15) is 0 Å². The van der Waals surface area contributed by atoms with Crippen molar-refractivity contribution in [2.45, 2.75) is 25.7 Å². The molecule has 0 aliphatic carbocycles. The fraction of sp³-hybridized carbons (Fsp3) is 0.625. The summed E-state index contributed by atoms with van der Waals surface area (Å²) in [6.07, 6.45) is -1.29. The van der Waals surface area contributed by atoms with Gasteiger partial charge in [0.05, 0.1) is 7.11 Å². The predicted octanol–water partition coefficient (Wildman–Crippen LogP) is -0.501. The van der Waals surface area contributed by atoms with Crippen LogP contribution in [0.2, 0.25) is 0 Å². The number of carbonyl (C=O) groups is 1. The van der Waals surface area contributed by atoms with Crippen LogP contribution in [0.15, 0.2) is 11.5 Å². The first kappa shape index (κ1) is 10.0. The van der Waals surface area contributed by atoms with Gasteiger partial charge in [-0.05, 0) is 13.8 Å². The molecular formula is C8H13NO4. The molecule has 1 unspecified atom stereocenters. The number of aliphatic hydroxyl groups excluding tert-OH is 1. The zero-order valence-corrected chi connectivity index (χ0v) is 7.83. The fourth-order valence-electron chi connectivity index (χ4n) is 1.17. The maximum atomic E-state index is 11.5. The third-order valence-electron chi connectivity index (χ3n) is 1.93. The summed E-state index contributed by atoms with van der Waals surface area (Å²) in [5.74, 6) is -0.442. The molecular weight excluding hydrogens is 174 g/mol. The lowest BCUT2D eigenvalue weighted by Gasteiger charge is -2.13. The van der Waals surface area contributed by atoms with Gasteiger partial charge in [-0.1, -0.05) is 0 Å². The number of hydrogen-bond acceptors (Lipinski definition) is 5. The largest absolute Gasteiger partial charge is 0.482 e. The van der Waals surface area contributed by atoms with Gasteiger partial charge in [0, 0.05) is 0 Å². The molecule has 0 amide bonds. The van der Waals surface area contributed by atoms with E-state index in [2.05, 4.69) is 4.74 Å². The Hall–Kier alpha value is -1.07. The van der Waals surface area contributed by atoms with E-state index in [-0.39, 0.29) is 17.2 Å². The third-order valence-corrected chi connectivity index (χ3v) is 1.93. The van der Waals surface area contributed by atoms with Crippen LogP contribution in [0.3, 0.4) is 0 Å². The van der Waals surface area contributed by atoms with Crippen molar-refractivity contribution in [2.75, 3.05) is 7.11 Å². The minimum atomic E-state index is -1.29. The summed E-state index contributed by atoms with van der Waals surface area (Å²) in [5, 5.41) is 9.34. The first-order chi connectivity index (χ1) is 5.90. The van der Waals surface area contributed by atoms with E-state index < -0.39 is 11.9 Å². The van der Waals surface area contributed by atoms with Crippen LogP contribution in [0.25, 0.3) is 0 Å². The Morgan fingerprint density at radius 1 is 1.69 bits per heavy atom. The Morgan fingerprint density at radius 3 is 2.54 bits per heavy atom. The Morgan fingerprint density at radius 2 is 2.23 bits per heavy atom. The van der Waals surface area contributed by atoms with Crippen molar-refractivity contribution in [3.8, 4) is 0 Å². The third kappa shape index (κ3) is 1.52. The van der Waals surface area contributed by atoms with Crippen molar-refractivity contribution in [2.24, 2.45) is 5.73 Å². The first-order valence-corrected chi connectivity index (χ1v) is 3.84. The molecule has 1 saturated heterocycles. The number of nitrogens with two attached hydrogens (primary N) is 1. The lowest BCUT2D eigenvalue weighted by Crippen LogP contribution is -2.28. The quantitative estimate of drug-likeness (QED) is 0.427. The SMILES string of the molecule is CO/C(N)=C1\C(=O)C(C)(C)OC1O. The van der Waals surface area contributed by atoms with Gasteiger partial charge in [0.1, 0.15) is 11.2 Å². The number of methoxy groups -OCH3 is 1. The van der Waals surface area contributed by atoms with E-state index in [9.17, 15) is 9.90 Å². The second-order valence-electron chi connectivity index (χ2n) is 3.29. The smallest absolute Gasteiger partial charge is 0.200 e. The molecule has 0 aromatic rings. The Balaban J connectivity index is 3.09. The van der Waals surface area contributed by atoms with Crippen LogP contribution in [-0.4, -0.2) is 29.9 Å². The van der Waals surface area contributed by atoms with Gasteiger partial charge >= 0.3 is 0 Å². The molecule has 74 valence electrons. The van der Waals surface area contributed by atoms with Crippen LogP contribution in [0.1, 0.15) is 13.8 Å². The Kier molecular flexibility index (Phi) is 2.32. The van der Waals surface area contributed by atoms with Crippen molar-refractivity contribution < 1.29 is 19.4 Å². The zero-order valence-electron chi connectivity index (χ0n) is 7.83. The van der Waals surface area contributed by atoms with Crippen molar-refractivity contribution in [3.63, 3.8) is 0 Å². The fourth-order valence-corrected chi connectivity index (χ4v) is 1.17. The second-order valence-corrected chi connectivity index (χ2v) is 3.29. The van der Waals surface area contributed by atoms with Crippen LogP contribution in [-0.2, 0) is 14.3 Å². The van der Waals surface area contributed by atoms with Crippen molar-refractivity contribution in [3.05, 3.63) is 11.5 Å². The Labute approximate surface area is 76.1 Å². The molecule has 0 spiro atoms. The Bertz CT molecular complexity index is 269. The predicted molar refractivity (Wildman–Crippen MR) is 44.4 cm³/mol. The summed E-state index contributed by atoms with van der Waals surface area (Å²) in [5.41, 5.74) is 4.34. The highest BCUT2D eigenvalue weighted by molar-refractivity contribution is 6.04. The number of hydrogen-bond donors (Lipinski definition) is 2. The van der Waals surface area contributed by atoms with Crippen molar-refractivity contribution in [1.82, 2.24) is 0 Å². The molecule has 3 N–H and O–H groups in total. The number of ether oxygens (including phenoxy) is 2. The highest BCUT2D eigenvalue weighted by atomic mass is 16.6. The van der Waals surface area contributed by atoms with E-state index in [0.717, 1.165) is 0 Å². The second kappa shape index (κ2) is 3.01. The molecule has 5 nitrogen and oxygen atoms in total. The molecule has 5 heteroatoms. The molecule has 1 heterocycles. The summed E-state index contributed by atoms with van der Waals surface area (Å²) < 4.78 is 9.65. The molecule has 0 aromatic carbocycles. The number of carbonyl (C=O) groups excluding carboxylic acids is 1. The first-order valence-electron chi connectivity index (χ1n) is 3.84. The molecule has 0 saturated carbocycles. The number of ketones is 1. The summed E-state index contributed by atoms with van der Waals surface area (Å²) >= 11 is 0. The average Bonchev–Trinajstić information content (AvgIpc) is 2.21. The van der Waals surface area contributed by atoms with Crippen LogP contribution in [0.5, 0.6) is 0 Å². The van der Waals surface area contributed by atoms with Crippen LogP contribution in [0.4, 0.5) is 0 Å². The maximum absolute atomic E-state index is 11.5. The molecule has 0 radical (unpaired) electrons. The summed E-state index contributed by atoms with van der Waals surface area (Å²) in [6, 6.07) is 0. The number of rotatable bonds is 1. The number of Topliss-reactive ketones (excluding diaryl/α,β-unsaturated/α-hetero) is 1. The average molecular weight is 187 g/mol. The molecule has 1 fully saturated rings. The maximum Gasteiger partial charge on any atom is 0.200 e. The van der Waals surface area contributed by atoms with Crippen LogP contribution >= 0.6 is 0 Å². The molecule has 1 aliphatic rings. The normalized spacial score (nSPS) is 30.5. The van der Waals surface area contributed by atoms with E-state index in [4.69, 9.17) is 10.5 Å². The zero-order chi connectivity index (χ0) is 10.2. The van der Waals surface area contributed by atoms with Gasteiger partial charge < -0.3 is 20.3 Å². The van der Waals surface area contributed by atoms with E-state index in [1.807, 2.05) is 0 Å². The summed E-state index contributed by atoms with van der Waals surface area (Å²) in [7, 11) is 1.33. The lowest BCUT2D eigenvalue weighted by molar-refractivity contribution is -0.141. The lowest BCUT2D eigenvalue weighted by atomic mass is 10.0. The minimum Gasteiger partial charge on any atom is -0.482 e. The minimum absolute atomic E-state index is 0.00694. The van der Waals surface area contributed by atoms with Gasteiger partial charge in [0.15, 0.2) is 12.2 Å². The van der Waals surface area contributed by atoms with Crippen LogP contribution in [0, 0.1) is 0 Å². The number of aliphatic hydroxyl groups is 1. The van der Waals surface area contributed by atoms with Crippen molar-refractivity contribution >= 4 is 5.78 Å². The van der Waals surface area contributed by atoms with Gasteiger partial charge in [0.2, 0.25) is 5.78 Å².